The fourth-order valence-corrected chi connectivity index (χ4v) is 0.892. The lowest BCUT2D eigenvalue weighted by Crippen LogP contribution is -2.53. The van der Waals surface area contributed by atoms with E-state index >= 15 is 0 Å². The van der Waals surface area contributed by atoms with Crippen molar-refractivity contribution in [3.63, 3.8) is 0 Å². The van der Waals surface area contributed by atoms with Crippen LogP contribution in [0.25, 0.3) is 0 Å². The summed E-state index contributed by atoms with van der Waals surface area (Å²) in [5.74, 6) is -0.376. The molecule has 4 N–H and O–H groups in total. The van der Waals surface area contributed by atoms with Gasteiger partial charge in [0, 0.05) is 5.54 Å². The summed E-state index contributed by atoms with van der Waals surface area (Å²) in [5.41, 5.74) is 4.68. The molecule has 0 rings (SSSR count). The van der Waals surface area contributed by atoms with Crippen LogP contribution in [0.3, 0.4) is 0 Å². The first kappa shape index (κ1) is 11.4. The van der Waals surface area contributed by atoms with Crippen molar-refractivity contribution in [2.45, 2.75) is 38.8 Å². The zero-order valence-corrected chi connectivity index (χ0v) is 7.92. The quantitative estimate of drug-likeness (QED) is 0.531. The van der Waals surface area contributed by atoms with Gasteiger partial charge in [-0.3, -0.25) is 10.1 Å². The Balaban J connectivity index is 4.11. The number of aliphatic hydroxyl groups is 1. The molecule has 4 nitrogen and oxygen atoms in total. The molecule has 1 unspecified atom stereocenters. The predicted molar refractivity (Wildman–Crippen MR) is 47.6 cm³/mol. The summed E-state index contributed by atoms with van der Waals surface area (Å²) in [4.78, 5) is 10.8. The van der Waals surface area contributed by atoms with Crippen LogP contribution in [0.1, 0.15) is 27.2 Å². The molecular weight excluding hydrogens is 156 g/mol. The van der Waals surface area contributed by atoms with E-state index in [0.29, 0.717) is 6.42 Å². The van der Waals surface area contributed by atoms with Crippen molar-refractivity contribution in [2.24, 2.45) is 5.73 Å². The van der Waals surface area contributed by atoms with Crippen LogP contribution in [0.5, 0.6) is 0 Å². The molecule has 0 saturated carbocycles. The van der Waals surface area contributed by atoms with E-state index in [-0.39, 0.29) is 18.6 Å². The van der Waals surface area contributed by atoms with Gasteiger partial charge in [-0.2, -0.15) is 0 Å². The molecule has 1 atom stereocenters. The van der Waals surface area contributed by atoms with E-state index in [1.54, 1.807) is 0 Å². The molecule has 0 aromatic heterocycles. The van der Waals surface area contributed by atoms with E-state index in [2.05, 4.69) is 5.32 Å². The molecule has 72 valence electrons. The topological polar surface area (TPSA) is 75.3 Å². The zero-order chi connectivity index (χ0) is 9.78. The van der Waals surface area contributed by atoms with Gasteiger partial charge in [0.25, 0.3) is 0 Å². The molecule has 12 heavy (non-hydrogen) atoms. The molecule has 0 aliphatic rings. The number of carbonyl (C=O) groups excluding carboxylic acids is 1. The molecule has 0 aliphatic heterocycles. The van der Waals surface area contributed by atoms with Crippen molar-refractivity contribution in [1.29, 1.82) is 0 Å². The van der Waals surface area contributed by atoms with Gasteiger partial charge in [-0.25, -0.2) is 0 Å². The molecule has 0 saturated heterocycles. The number of aliphatic hydroxyl groups excluding tert-OH is 1. The first-order valence-corrected chi connectivity index (χ1v) is 4.11. The highest BCUT2D eigenvalue weighted by molar-refractivity contribution is 5.79. The van der Waals surface area contributed by atoms with Gasteiger partial charge in [-0.15, -0.1) is 0 Å². The minimum absolute atomic E-state index is 0.0171. The number of hydrogen-bond donors (Lipinski definition) is 3. The van der Waals surface area contributed by atoms with Gasteiger partial charge < -0.3 is 10.8 Å². The Kier molecular flexibility index (Phi) is 4.20. The SMILES string of the molecule is CCC(NC(C)(C)CO)C(N)=O. The number of amides is 1. The van der Waals surface area contributed by atoms with Gasteiger partial charge in [0.2, 0.25) is 5.91 Å². The summed E-state index contributed by atoms with van der Waals surface area (Å²) in [6.45, 7) is 5.49. The predicted octanol–water partition coefficient (Wildman–Crippen LogP) is -0.389. The van der Waals surface area contributed by atoms with E-state index < -0.39 is 5.54 Å². The summed E-state index contributed by atoms with van der Waals surface area (Å²) in [6.07, 6.45) is 0.638. The van der Waals surface area contributed by atoms with Gasteiger partial charge >= 0.3 is 0 Å². The minimum Gasteiger partial charge on any atom is -0.394 e. The average Bonchev–Trinajstić information content (AvgIpc) is 2.00. The fraction of sp³-hybridized carbons (Fsp3) is 0.875. The molecule has 0 aromatic rings. The van der Waals surface area contributed by atoms with E-state index in [9.17, 15) is 4.79 Å². The summed E-state index contributed by atoms with van der Waals surface area (Å²) in [5, 5.41) is 11.9. The average molecular weight is 174 g/mol. The number of nitrogens with one attached hydrogen (secondary N) is 1. The number of primary amides is 1. The van der Waals surface area contributed by atoms with Crippen molar-refractivity contribution >= 4 is 5.91 Å². The third-order valence-electron chi connectivity index (χ3n) is 1.71. The van der Waals surface area contributed by atoms with E-state index in [0.717, 1.165) is 0 Å². The molecule has 0 aliphatic carbocycles. The maximum atomic E-state index is 10.8. The smallest absolute Gasteiger partial charge is 0.234 e. The summed E-state index contributed by atoms with van der Waals surface area (Å²) in [7, 11) is 0. The molecular formula is C8H18N2O2. The Hall–Kier alpha value is -0.610. The van der Waals surface area contributed by atoms with Crippen LogP contribution in [-0.2, 0) is 4.79 Å². The summed E-state index contributed by atoms with van der Waals surface area (Å²) >= 11 is 0. The van der Waals surface area contributed by atoms with Gasteiger partial charge in [0.15, 0.2) is 0 Å². The first-order valence-electron chi connectivity index (χ1n) is 4.11. The Morgan fingerprint density at radius 1 is 1.67 bits per heavy atom. The van der Waals surface area contributed by atoms with Crippen molar-refractivity contribution in [3.8, 4) is 0 Å². The van der Waals surface area contributed by atoms with E-state index in [4.69, 9.17) is 10.8 Å². The molecule has 1 amide bonds. The Bertz CT molecular complexity index is 157. The molecule has 0 aromatic carbocycles. The van der Waals surface area contributed by atoms with Crippen LogP contribution in [-0.4, -0.2) is 29.2 Å². The Morgan fingerprint density at radius 2 is 2.17 bits per heavy atom. The van der Waals surface area contributed by atoms with Crippen LogP contribution in [0.15, 0.2) is 0 Å². The lowest BCUT2D eigenvalue weighted by molar-refractivity contribution is -0.120. The second-order valence-electron chi connectivity index (χ2n) is 3.55. The zero-order valence-electron chi connectivity index (χ0n) is 7.92. The van der Waals surface area contributed by atoms with Crippen LogP contribution >= 0.6 is 0 Å². The van der Waals surface area contributed by atoms with Gasteiger partial charge in [-0.05, 0) is 20.3 Å². The third-order valence-corrected chi connectivity index (χ3v) is 1.71. The van der Waals surface area contributed by atoms with Gasteiger partial charge in [0.05, 0.1) is 12.6 Å². The Morgan fingerprint density at radius 3 is 2.42 bits per heavy atom. The number of nitrogens with two attached hydrogens (primary N) is 1. The number of hydrogen-bond acceptors (Lipinski definition) is 3. The van der Waals surface area contributed by atoms with Gasteiger partial charge in [-0.1, -0.05) is 6.92 Å². The Labute approximate surface area is 73.1 Å². The largest absolute Gasteiger partial charge is 0.394 e. The summed E-state index contributed by atoms with van der Waals surface area (Å²) in [6, 6.07) is -0.354. The lowest BCUT2D eigenvalue weighted by atomic mass is 10.0. The normalized spacial score (nSPS) is 14.3. The molecule has 0 fully saturated rings. The van der Waals surface area contributed by atoms with Crippen molar-refractivity contribution in [3.05, 3.63) is 0 Å². The second kappa shape index (κ2) is 4.42. The maximum Gasteiger partial charge on any atom is 0.234 e. The molecule has 0 spiro atoms. The second-order valence-corrected chi connectivity index (χ2v) is 3.55. The fourth-order valence-electron chi connectivity index (χ4n) is 0.892. The molecule has 4 heteroatoms. The minimum atomic E-state index is -0.449. The number of carbonyl (C=O) groups is 1. The van der Waals surface area contributed by atoms with Crippen molar-refractivity contribution in [1.82, 2.24) is 5.32 Å². The highest BCUT2D eigenvalue weighted by Gasteiger charge is 2.22. The van der Waals surface area contributed by atoms with E-state index in [1.807, 2.05) is 20.8 Å². The van der Waals surface area contributed by atoms with E-state index in [1.165, 1.54) is 0 Å². The van der Waals surface area contributed by atoms with Crippen molar-refractivity contribution in [2.75, 3.05) is 6.61 Å². The van der Waals surface area contributed by atoms with Crippen LogP contribution < -0.4 is 11.1 Å². The molecule has 0 heterocycles. The maximum absolute atomic E-state index is 10.8. The van der Waals surface area contributed by atoms with Crippen LogP contribution in [0.4, 0.5) is 0 Å². The first-order chi connectivity index (χ1) is 5.43. The monoisotopic (exact) mass is 174 g/mol. The lowest BCUT2D eigenvalue weighted by Gasteiger charge is -2.27. The third kappa shape index (κ3) is 3.69. The van der Waals surface area contributed by atoms with Crippen LogP contribution in [0.2, 0.25) is 0 Å². The molecule has 0 radical (unpaired) electrons. The van der Waals surface area contributed by atoms with Gasteiger partial charge in [0.1, 0.15) is 0 Å². The van der Waals surface area contributed by atoms with Crippen molar-refractivity contribution < 1.29 is 9.90 Å². The standard InChI is InChI=1S/C8H18N2O2/c1-4-6(7(9)12)10-8(2,3)5-11/h6,10-11H,4-5H2,1-3H3,(H2,9,12). The number of rotatable bonds is 5. The van der Waals surface area contributed by atoms with Crippen LogP contribution in [0, 0.1) is 0 Å². The molecule has 0 bridgehead atoms. The summed E-state index contributed by atoms with van der Waals surface area (Å²) < 4.78 is 0. The highest BCUT2D eigenvalue weighted by atomic mass is 16.3. The highest BCUT2D eigenvalue weighted by Crippen LogP contribution is 2.03.